The van der Waals surface area contributed by atoms with Crippen LogP contribution in [0.3, 0.4) is 0 Å². The first-order chi connectivity index (χ1) is 8.95. The van der Waals surface area contributed by atoms with E-state index in [1.807, 2.05) is 4.72 Å². The van der Waals surface area contributed by atoms with Gasteiger partial charge in [0.05, 0.1) is 28.3 Å². The molecule has 0 saturated carbocycles. The van der Waals surface area contributed by atoms with Crippen LogP contribution in [-0.4, -0.2) is 33.8 Å². The lowest BCUT2D eigenvalue weighted by molar-refractivity contribution is -0.178. The molecule has 0 aliphatic carbocycles. The highest BCUT2D eigenvalue weighted by Crippen LogP contribution is 2.29. The molecule has 8 heteroatoms. The monoisotopic (exact) mass is 317 g/mol. The van der Waals surface area contributed by atoms with Crippen LogP contribution in [0, 0.1) is 5.92 Å². The highest BCUT2D eigenvalue weighted by Gasteiger charge is 2.49. The smallest absolute Gasteiger partial charge is 0.405 e. The average Bonchev–Trinajstić information content (AvgIpc) is 2.26. The average molecular weight is 317 g/mol. The number of carbonyl (C=O) groups excluding carboxylic acids is 1. The molecule has 0 rings (SSSR count). The van der Waals surface area contributed by atoms with Gasteiger partial charge in [0, 0.05) is 0 Å². The van der Waals surface area contributed by atoms with Gasteiger partial charge in [0.1, 0.15) is 6.04 Å². The van der Waals surface area contributed by atoms with Crippen LogP contribution in [0.25, 0.3) is 0 Å². The maximum atomic E-state index is 13.1. The van der Waals surface area contributed by atoms with Gasteiger partial charge in [0.2, 0.25) is 0 Å². The summed E-state index contributed by atoms with van der Waals surface area (Å²) in [5.41, 5.74) is 0. The van der Waals surface area contributed by atoms with E-state index in [4.69, 9.17) is 0 Å². The number of carbonyl (C=O) groups is 1. The van der Waals surface area contributed by atoms with E-state index >= 15 is 0 Å². The first kappa shape index (κ1) is 19.4. The lowest BCUT2D eigenvalue weighted by Crippen LogP contribution is -2.53. The molecule has 0 radical (unpaired) electrons. The molecule has 4 nitrogen and oxygen atoms in total. The van der Waals surface area contributed by atoms with Gasteiger partial charge in [-0.2, -0.15) is 13.2 Å². The van der Waals surface area contributed by atoms with E-state index in [9.17, 15) is 22.2 Å². The third-order valence-corrected chi connectivity index (χ3v) is 4.15. The molecule has 0 heterocycles. The largest absolute Gasteiger partial charge is 0.466 e. The molecule has 1 N–H and O–H groups in total. The van der Waals surface area contributed by atoms with Crippen LogP contribution >= 0.6 is 0 Å². The molecule has 0 aromatic heterocycles. The Morgan fingerprint density at radius 2 is 1.75 bits per heavy atom. The molecule has 3 atom stereocenters. The van der Waals surface area contributed by atoms with Crippen LogP contribution in [0.1, 0.15) is 41.0 Å². The Kier molecular flexibility index (Phi) is 7.17. The minimum Gasteiger partial charge on any atom is -0.466 e. The Hall–Kier alpha value is -0.630. The molecule has 0 saturated heterocycles. The van der Waals surface area contributed by atoms with Crippen LogP contribution in [0.5, 0.6) is 0 Å². The summed E-state index contributed by atoms with van der Waals surface area (Å²) < 4.78 is 57.0. The second kappa shape index (κ2) is 7.40. The number of alkyl halides is 3. The van der Waals surface area contributed by atoms with Gasteiger partial charge in [0.15, 0.2) is 0 Å². The topological polar surface area (TPSA) is 55.4 Å². The highest BCUT2D eigenvalue weighted by atomic mass is 32.2. The number of hydrogen-bond donors (Lipinski definition) is 1. The quantitative estimate of drug-likeness (QED) is 0.766. The van der Waals surface area contributed by atoms with Gasteiger partial charge in [-0.05, 0) is 34.1 Å². The van der Waals surface area contributed by atoms with E-state index in [1.54, 1.807) is 20.8 Å². The summed E-state index contributed by atoms with van der Waals surface area (Å²) >= 11 is 0. The SMILES string of the molecule is CCOC(=O)[C@@H](CC)[C@H](N[S@@](=O)C(C)(C)C)C(F)(F)F. The van der Waals surface area contributed by atoms with Crippen molar-refractivity contribution in [2.24, 2.45) is 5.92 Å². The van der Waals surface area contributed by atoms with Gasteiger partial charge in [-0.25, -0.2) is 8.93 Å². The van der Waals surface area contributed by atoms with Crippen molar-refractivity contribution in [1.82, 2.24) is 4.72 Å². The predicted octanol–water partition coefficient (Wildman–Crippen LogP) is 2.56. The van der Waals surface area contributed by atoms with Crippen molar-refractivity contribution in [3.8, 4) is 0 Å². The zero-order valence-electron chi connectivity index (χ0n) is 12.3. The molecule has 20 heavy (non-hydrogen) atoms. The summed E-state index contributed by atoms with van der Waals surface area (Å²) in [5.74, 6) is -2.35. The molecule has 0 aromatic rings. The first-order valence-electron chi connectivity index (χ1n) is 6.36. The van der Waals surface area contributed by atoms with Gasteiger partial charge in [0.25, 0.3) is 0 Å². The maximum absolute atomic E-state index is 13.1. The van der Waals surface area contributed by atoms with Crippen LogP contribution in [0.4, 0.5) is 13.2 Å². The molecule has 0 amide bonds. The van der Waals surface area contributed by atoms with Gasteiger partial charge in [-0.3, -0.25) is 4.79 Å². The number of halogens is 3. The van der Waals surface area contributed by atoms with E-state index in [1.165, 1.54) is 13.8 Å². The Bertz CT molecular complexity index is 353. The number of ether oxygens (including phenoxy) is 1. The number of hydrogen-bond acceptors (Lipinski definition) is 3. The highest BCUT2D eigenvalue weighted by molar-refractivity contribution is 7.84. The standard InChI is InChI=1S/C12H22F3NO3S/c1-6-8(10(17)19-7-2)9(12(13,14)15)16-20(18)11(3,4)5/h8-9,16H,6-7H2,1-5H3/t8-,9-,20-/m0/s1. The summed E-state index contributed by atoms with van der Waals surface area (Å²) in [4.78, 5) is 11.6. The lowest BCUT2D eigenvalue weighted by atomic mass is 9.97. The van der Waals surface area contributed by atoms with E-state index in [2.05, 4.69) is 4.74 Å². The fraction of sp³-hybridized carbons (Fsp3) is 0.917. The molecule has 0 bridgehead atoms. The summed E-state index contributed by atoms with van der Waals surface area (Å²) in [5, 5.41) is 0. The molecule has 0 aliphatic rings. The van der Waals surface area contributed by atoms with E-state index < -0.39 is 39.8 Å². The van der Waals surface area contributed by atoms with E-state index in [0.717, 1.165) is 0 Å². The van der Waals surface area contributed by atoms with Gasteiger partial charge in [-0.1, -0.05) is 6.92 Å². The van der Waals surface area contributed by atoms with Crippen molar-refractivity contribution in [3.05, 3.63) is 0 Å². The zero-order valence-corrected chi connectivity index (χ0v) is 13.2. The second-order valence-corrected chi connectivity index (χ2v) is 7.28. The minimum atomic E-state index is -4.69. The number of esters is 1. The maximum Gasteiger partial charge on any atom is 0.405 e. The summed E-state index contributed by atoms with van der Waals surface area (Å²) in [6.07, 6.45) is -4.74. The molecular formula is C12H22F3NO3S. The van der Waals surface area contributed by atoms with Crippen molar-refractivity contribution in [3.63, 3.8) is 0 Å². The predicted molar refractivity (Wildman–Crippen MR) is 71.3 cm³/mol. The Morgan fingerprint density at radius 3 is 2.05 bits per heavy atom. The molecule has 120 valence electrons. The zero-order chi connectivity index (χ0) is 16.1. The molecule has 0 fully saturated rings. The number of nitrogens with one attached hydrogen (secondary N) is 1. The molecule has 0 unspecified atom stereocenters. The Morgan fingerprint density at radius 1 is 1.25 bits per heavy atom. The lowest BCUT2D eigenvalue weighted by Gasteiger charge is -2.30. The van der Waals surface area contributed by atoms with Gasteiger partial charge < -0.3 is 4.74 Å². The van der Waals surface area contributed by atoms with Gasteiger partial charge in [-0.15, -0.1) is 0 Å². The van der Waals surface area contributed by atoms with Crippen molar-refractivity contribution >= 4 is 17.0 Å². The second-order valence-electron chi connectivity index (χ2n) is 5.29. The summed E-state index contributed by atoms with van der Waals surface area (Å²) in [6.45, 7) is 7.64. The fourth-order valence-corrected chi connectivity index (χ4v) is 2.34. The van der Waals surface area contributed by atoms with Crippen molar-refractivity contribution < 1.29 is 26.9 Å². The summed E-state index contributed by atoms with van der Waals surface area (Å²) in [6, 6.07) is -2.19. The van der Waals surface area contributed by atoms with Crippen LogP contribution in [-0.2, 0) is 20.5 Å². The normalized spacial score (nSPS) is 17.4. The minimum absolute atomic E-state index is 0.00225. The van der Waals surface area contributed by atoms with Gasteiger partial charge >= 0.3 is 12.1 Å². The van der Waals surface area contributed by atoms with Crippen LogP contribution in [0.2, 0.25) is 0 Å². The molecular weight excluding hydrogens is 295 g/mol. The van der Waals surface area contributed by atoms with Crippen molar-refractivity contribution in [2.75, 3.05) is 6.61 Å². The third-order valence-electron chi connectivity index (χ3n) is 2.57. The molecule has 0 spiro atoms. The fourth-order valence-electron chi connectivity index (χ4n) is 1.46. The number of rotatable bonds is 6. The first-order valence-corrected chi connectivity index (χ1v) is 7.51. The van der Waals surface area contributed by atoms with E-state index in [-0.39, 0.29) is 13.0 Å². The van der Waals surface area contributed by atoms with Crippen molar-refractivity contribution in [1.29, 1.82) is 0 Å². The summed E-state index contributed by atoms with van der Waals surface area (Å²) in [7, 11) is -1.93. The molecule has 0 aromatic carbocycles. The van der Waals surface area contributed by atoms with Crippen LogP contribution in [0.15, 0.2) is 0 Å². The van der Waals surface area contributed by atoms with Crippen LogP contribution < -0.4 is 4.72 Å². The third kappa shape index (κ3) is 5.78. The van der Waals surface area contributed by atoms with Crippen molar-refractivity contribution in [2.45, 2.75) is 58.0 Å². The molecule has 0 aliphatic heterocycles. The Balaban J connectivity index is 5.25. The Labute approximate surface area is 120 Å². The van der Waals surface area contributed by atoms with E-state index in [0.29, 0.717) is 0 Å².